The quantitative estimate of drug-likeness (QED) is 0.583. The number of anilines is 1. The molecular formula is C23H24N4O4. The average molecular weight is 420 g/mol. The third-order valence-corrected chi connectivity index (χ3v) is 5.04. The van der Waals surface area contributed by atoms with Crippen LogP contribution in [0.5, 0.6) is 11.5 Å². The molecule has 0 spiro atoms. The maximum absolute atomic E-state index is 13.3. The van der Waals surface area contributed by atoms with E-state index in [1.54, 1.807) is 11.8 Å². The van der Waals surface area contributed by atoms with Crippen LogP contribution in [0.2, 0.25) is 0 Å². The largest absolute Gasteiger partial charge is 0.493 e. The van der Waals surface area contributed by atoms with E-state index in [9.17, 15) is 4.79 Å². The Morgan fingerprint density at radius 1 is 1.16 bits per heavy atom. The molecule has 1 aliphatic heterocycles. The zero-order valence-electron chi connectivity index (χ0n) is 17.7. The molecule has 0 aliphatic carbocycles. The Morgan fingerprint density at radius 2 is 1.97 bits per heavy atom. The van der Waals surface area contributed by atoms with E-state index in [1.807, 2.05) is 62.4 Å². The first-order valence-electron chi connectivity index (χ1n) is 10.0. The number of fused-ring (bicyclic) bond motifs is 1. The second-order valence-electron chi connectivity index (χ2n) is 6.97. The van der Waals surface area contributed by atoms with Crippen LogP contribution in [0.1, 0.15) is 31.0 Å². The molecule has 4 rings (SSSR count). The number of hydrogen-bond donors (Lipinski definition) is 1. The van der Waals surface area contributed by atoms with E-state index < -0.39 is 12.0 Å². The highest BCUT2D eigenvalue weighted by Gasteiger charge is 2.36. The summed E-state index contributed by atoms with van der Waals surface area (Å²) in [7, 11) is 1.58. The third-order valence-electron chi connectivity index (χ3n) is 5.04. The van der Waals surface area contributed by atoms with E-state index in [1.165, 1.54) is 6.33 Å². The minimum absolute atomic E-state index is 0.170. The summed E-state index contributed by atoms with van der Waals surface area (Å²) >= 11 is 0. The van der Waals surface area contributed by atoms with Crippen molar-refractivity contribution >= 4 is 11.9 Å². The van der Waals surface area contributed by atoms with Gasteiger partial charge in [-0.1, -0.05) is 42.5 Å². The highest BCUT2D eigenvalue weighted by molar-refractivity contribution is 5.92. The number of para-hydroxylation sites is 1. The monoisotopic (exact) mass is 420 g/mol. The predicted molar refractivity (Wildman–Crippen MR) is 115 cm³/mol. The van der Waals surface area contributed by atoms with Crippen molar-refractivity contribution in [3.63, 3.8) is 0 Å². The lowest BCUT2D eigenvalue weighted by atomic mass is 9.94. The first-order valence-corrected chi connectivity index (χ1v) is 10.0. The number of allylic oxidation sites excluding steroid dienone is 1. The fourth-order valence-electron chi connectivity index (χ4n) is 3.65. The van der Waals surface area contributed by atoms with Gasteiger partial charge in [-0.05, 0) is 25.5 Å². The highest BCUT2D eigenvalue weighted by atomic mass is 16.5. The number of nitrogens with zero attached hydrogens (tertiary/aromatic N) is 3. The lowest BCUT2D eigenvalue weighted by molar-refractivity contribution is -0.140. The van der Waals surface area contributed by atoms with Gasteiger partial charge in [-0.2, -0.15) is 10.1 Å². The summed E-state index contributed by atoms with van der Waals surface area (Å²) in [6.45, 7) is 4.34. The van der Waals surface area contributed by atoms with E-state index in [0.717, 1.165) is 11.1 Å². The Morgan fingerprint density at radius 3 is 2.71 bits per heavy atom. The minimum atomic E-state index is -0.585. The van der Waals surface area contributed by atoms with Gasteiger partial charge in [-0.3, -0.25) is 0 Å². The molecular weight excluding hydrogens is 396 g/mol. The Balaban J connectivity index is 1.76. The maximum Gasteiger partial charge on any atom is 0.338 e. The lowest BCUT2D eigenvalue weighted by Gasteiger charge is -2.29. The van der Waals surface area contributed by atoms with E-state index in [0.29, 0.717) is 35.3 Å². The van der Waals surface area contributed by atoms with Gasteiger partial charge in [-0.25, -0.2) is 9.48 Å². The molecule has 0 bridgehead atoms. The summed E-state index contributed by atoms with van der Waals surface area (Å²) in [6.07, 6.45) is 1.45. The zero-order valence-corrected chi connectivity index (χ0v) is 17.7. The molecule has 3 aromatic rings. The fourth-order valence-corrected chi connectivity index (χ4v) is 3.65. The van der Waals surface area contributed by atoms with Gasteiger partial charge in [-0.15, -0.1) is 0 Å². The summed E-state index contributed by atoms with van der Waals surface area (Å²) in [5, 5.41) is 7.51. The molecule has 2 aromatic carbocycles. The number of nitrogens with one attached hydrogen (secondary N) is 1. The molecule has 0 saturated heterocycles. The van der Waals surface area contributed by atoms with Crippen molar-refractivity contribution in [1.82, 2.24) is 14.8 Å². The van der Waals surface area contributed by atoms with Crippen LogP contribution in [-0.2, 0) is 16.1 Å². The predicted octanol–water partition coefficient (Wildman–Crippen LogP) is 3.72. The number of carbonyl (C=O) groups excluding carboxylic acids is 1. The van der Waals surface area contributed by atoms with Gasteiger partial charge in [0.05, 0.1) is 19.3 Å². The van der Waals surface area contributed by atoms with Gasteiger partial charge < -0.3 is 19.5 Å². The SMILES string of the molecule is CCOc1c(OC)cccc1[C@@H]1C(C(=O)OCc2ccccc2)=C(C)Nc2ncnn21. The number of hydrogen-bond acceptors (Lipinski definition) is 7. The first kappa shape index (κ1) is 20.5. The van der Waals surface area contributed by atoms with E-state index in [4.69, 9.17) is 14.2 Å². The number of esters is 1. The first-order chi connectivity index (χ1) is 15.1. The van der Waals surface area contributed by atoms with Crippen LogP contribution in [0.3, 0.4) is 0 Å². The standard InChI is InChI=1S/C23H24N4O4/c1-4-30-21-17(11-8-12-18(21)29-3)20-19(15(2)26-23-24-14-25-27(20)23)22(28)31-13-16-9-6-5-7-10-16/h5-12,14,20H,4,13H2,1-3H3,(H,24,25,26)/t20-/m1/s1. The maximum atomic E-state index is 13.3. The molecule has 1 atom stereocenters. The third kappa shape index (κ3) is 3.96. The van der Waals surface area contributed by atoms with Crippen LogP contribution in [-0.4, -0.2) is 34.5 Å². The van der Waals surface area contributed by atoms with Crippen LogP contribution in [0.25, 0.3) is 0 Å². The molecule has 1 aliphatic rings. The van der Waals surface area contributed by atoms with E-state index in [2.05, 4.69) is 15.4 Å². The lowest BCUT2D eigenvalue weighted by Crippen LogP contribution is -2.30. The number of carbonyl (C=O) groups is 1. The zero-order chi connectivity index (χ0) is 21.8. The van der Waals surface area contributed by atoms with Crippen LogP contribution in [0, 0.1) is 0 Å². The van der Waals surface area contributed by atoms with Crippen LogP contribution in [0.15, 0.2) is 66.1 Å². The Hall–Kier alpha value is -3.81. The van der Waals surface area contributed by atoms with Crippen molar-refractivity contribution in [1.29, 1.82) is 0 Å². The van der Waals surface area contributed by atoms with Crippen molar-refractivity contribution in [2.75, 3.05) is 19.0 Å². The van der Waals surface area contributed by atoms with Gasteiger partial charge >= 0.3 is 5.97 Å². The molecule has 8 nitrogen and oxygen atoms in total. The van der Waals surface area contributed by atoms with Crippen LogP contribution >= 0.6 is 0 Å². The summed E-state index contributed by atoms with van der Waals surface area (Å²) in [4.78, 5) is 17.5. The summed E-state index contributed by atoms with van der Waals surface area (Å²) in [5.41, 5.74) is 2.73. The number of methoxy groups -OCH3 is 1. The summed E-state index contributed by atoms with van der Waals surface area (Å²) in [5.74, 6) is 1.23. The molecule has 160 valence electrons. The van der Waals surface area contributed by atoms with Gasteiger partial charge in [0.2, 0.25) is 5.95 Å². The number of aromatic nitrogens is 3. The molecule has 0 unspecified atom stereocenters. The van der Waals surface area contributed by atoms with E-state index >= 15 is 0 Å². The van der Waals surface area contributed by atoms with Crippen molar-refractivity contribution in [2.24, 2.45) is 0 Å². The van der Waals surface area contributed by atoms with Crippen LogP contribution in [0.4, 0.5) is 5.95 Å². The van der Waals surface area contributed by atoms with Gasteiger partial charge in [0.25, 0.3) is 0 Å². The van der Waals surface area contributed by atoms with Crippen molar-refractivity contribution in [2.45, 2.75) is 26.5 Å². The highest BCUT2D eigenvalue weighted by Crippen LogP contribution is 2.42. The molecule has 8 heteroatoms. The van der Waals surface area contributed by atoms with Crippen LogP contribution < -0.4 is 14.8 Å². The normalized spacial score (nSPS) is 15.1. The molecule has 1 N–H and O–H groups in total. The Kier molecular flexibility index (Phi) is 5.88. The summed E-state index contributed by atoms with van der Waals surface area (Å²) < 4.78 is 18.7. The second-order valence-corrected chi connectivity index (χ2v) is 6.97. The van der Waals surface area contributed by atoms with Gasteiger partial charge in [0.1, 0.15) is 19.0 Å². The van der Waals surface area contributed by atoms with Crippen molar-refractivity contribution in [3.05, 3.63) is 77.3 Å². The Bertz CT molecular complexity index is 1110. The minimum Gasteiger partial charge on any atom is -0.493 e. The fraction of sp³-hybridized carbons (Fsp3) is 0.261. The van der Waals surface area contributed by atoms with Gasteiger partial charge in [0, 0.05) is 11.3 Å². The molecule has 1 aromatic heterocycles. The van der Waals surface area contributed by atoms with E-state index in [-0.39, 0.29) is 6.61 Å². The molecule has 0 radical (unpaired) electrons. The van der Waals surface area contributed by atoms with Gasteiger partial charge in [0.15, 0.2) is 11.5 Å². The second kappa shape index (κ2) is 8.91. The molecule has 31 heavy (non-hydrogen) atoms. The number of ether oxygens (including phenoxy) is 3. The number of rotatable bonds is 7. The van der Waals surface area contributed by atoms with Crippen molar-refractivity contribution in [3.8, 4) is 11.5 Å². The molecule has 0 amide bonds. The smallest absolute Gasteiger partial charge is 0.338 e. The Labute approximate surface area is 180 Å². The average Bonchev–Trinajstić information content (AvgIpc) is 3.25. The number of benzene rings is 2. The van der Waals surface area contributed by atoms with Crippen molar-refractivity contribution < 1.29 is 19.0 Å². The molecule has 0 saturated carbocycles. The topological polar surface area (TPSA) is 87.5 Å². The molecule has 2 heterocycles. The molecule has 0 fully saturated rings. The summed E-state index contributed by atoms with van der Waals surface area (Å²) in [6, 6.07) is 14.6.